The fourth-order valence-electron chi connectivity index (χ4n) is 2.61. The third-order valence-corrected chi connectivity index (χ3v) is 4.97. The van der Waals surface area contributed by atoms with E-state index in [0.717, 1.165) is 19.8 Å². The second-order valence-electron chi connectivity index (χ2n) is 5.14. The Hall–Kier alpha value is -0.510. The van der Waals surface area contributed by atoms with Gasteiger partial charge in [0, 0.05) is 10.4 Å². The molecule has 1 aromatic carbocycles. The quantitative estimate of drug-likeness (QED) is 0.890. The standard InChI is InChI=1S/C14H19NOS/c1-14(7-4-8-15-14)12-5-2-3-6-13(12)17-11-9-16-10-11/h2-3,5-6,11,15H,4,7-10H2,1H3. The highest BCUT2D eigenvalue weighted by Crippen LogP contribution is 2.39. The van der Waals surface area contributed by atoms with Crippen LogP contribution in [0.15, 0.2) is 29.2 Å². The van der Waals surface area contributed by atoms with Crippen molar-refractivity contribution in [3.05, 3.63) is 29.8 Å². The van der Waals surface area contributed by atoms with Crippen LogP contribution in [0.1, 0.15) is 25.3 Å². The van der Waals surface area contributed by atoms with Crippen molar-refractivity contribution in [3.8, 4) is 0 Å². The Kier molecular flexibility index (Phi) is 3.16. The van der Waals surface area contributed by atoms with E-state index in [0.29, 0.717) is 5.25 Å². The van der Waals surface area contributed by atoms with E-state index in [9.17, 15) is 0 Å². The first-order valence-corrected chi connectivity index (χ1v) is 7.25. The predicted octanol–water partition coefficient (Wildman–Crippen LogP) is 2.78. The summed E-state index contributed by atoms with van der Waals surface area (Å²) in [6, 6.07) is 8.83. The lowest BCUT2D eigenvalue weighted by Gasteiger charge is -2.31. The van der Waals surface area contributed by atoms with Crippen LogP contribution in [-0.4, -0.2) is 25.0 Å². The van der Waals surface area contributed by atoms with Crippen LogP contribution in [0.5, 0.6) is 0 Å². The first-order chi connectivity index (χ1) is 8.28. The summed E-state index contributed by atoms with van der Waals surface area (Å²) in [6.07, 6.45) is 2.52. The van der Waals surface area contributed by atoms with Gasteiger partial charge in [0.25, 0.3) is 0 Å². The number of hydrogen-bond donors (Lipinski definition) is 1. The van der Waals surface area contributed by atoms with Crippen LogP contribution < -0.4 is 5.32 Å². The molecule has 0 radical (unpaired) electrons. The largest absolute Gasteiger partial charge is 0.379 e. The van der Waals surface area contributed by atoms with Crippen LogP contribution in [0.2, 0.25) is 0 Å². The number of nitrogens with one attached hydrogen (secondary N) is 1. The minimum Gasteiger partial charge on any atom is -0.379 e. The highest BCUT2D eigenvalue weighted by atomic mass is 32.2. The lowest BCUT2D eigenvalue weighted by Crippen LogP contribution is -2.34. The normalized spacial score (nSPS) is 29.2. The summed E-state index contributed by atoms with van der Waals surface area (Å²) >= 11 is 1.98. The van der Waals surface area contributed by atoms with Crippen molar-refractivity contribution in [2.45, 2.75) is 35.4 Å². The van der Waals surface area contributed by atoms with Crippen molar-refractivity contribution in [1.29, 1.82) is 0 Å². The SMILES string of the molecule is CC1(c2ccccc2SC2COC2)CCCN1. The van der Waals surface area contributed by atoms with Gasteiger partial charge in [0.1, 0.15) is 0 Å². The molecule has 92 valence electrons. The maximum absolute atomic E-state index is 5.26. The van der Waals surface area contributed by atoms with E-state index in [1.807, 2.05) is 11.8 Å². The smallest absolute Gasteiger partial charge is 0.0611 e. The zero-order valence-corrected chi connectivity index (χ0v) is 11.1. The van der Waals surface area contributed by atoms with Gasteiger partial charge in [0.05, 0.1) is 18.5 Å². The monoisotopic (exact) mass is 249 g/mol. The number of hydrogen-bond acceptors (Lipinski definition) is 3. The zero-order chi connectivity index (χ0) is 11.7. The minimum absolute atomic E-state index is 0.175. The second kappa shape index (κ2) is 4.63. The Morgan fingerprint density at radius 2 is 2.18 bits per heavy atom. The summed E-state index contributed by atoms with van der Waals surface area (Å²) in [6.45, 7) is 5.28. The number of ether oxygens (including phenoxy) is 1. The molecule has 0 amide bonds. The van der Waals surface area contributed by atoms with Crippen molar-refractivity contribution < 1.29 is 4.74 Å². The van der Waals surface area contributed by atoms with Crippen molar-refractivity contribution in [2.24, 2.45) is 0 Å². The van der Waals surface area contributed by atoms with E-state index in [1.165, 1.54) is 23.3 Å². The number of benzene rings is 1. The molecule has 2 heterocycles. The molecule has 3 rings (SSSR count). The van der Waals surface area contributed by atoms with Gasteiger partial charge in [-0.1, -0.05) is 18.2 Å². The molecule has 0 saturated carbocycles. The van der Waals surface area contributed by atoms with Gasteiger partial charge in [-0.25, -0.2) is 0 Å². The van der Waals surface area contributed by atoms with Crippen LogP contribution in [0.4, 0.5) is 0 Å². The summed E-state index contributed by atoms with van der Waals surface area (Å²) in [4.78, 5) is 1.43. The molecule has 1 N–H and O–H groups in total. The molecule has 2 aliphatic rings. The van der Waals surface area contributed by atoms with Crippen molar-refractivity contribution in [1.82, 2.24) is 5.32 Å². The Morgan fingerprint density at radius 3 is 2.82 bits per heavy atom. The highest BCUT2D eigenvalue weighted by Gasteiger charge is 2.33. The number of thioether (sulfide) groups is 1. The van der Waals surface area contributed by atoms with Gasteiger partial charge in [0.2, 0.25) is 0 Å². The molecule has 0 spiro atoms. The van der Waals surface area contributed by atoms with Gasteiger partial charge >= 0.3 is 0 Å². The fraction of sp³-hybridized carbons (Fsp3) is 0.571. The van der Waals surface area contributed by atoms with Gasteiger partial charge < -0.3 is 10.1 Å². The molecular formula is C14H19NOS. The summed E-state index contributed by atoms with van der Waals surface area (Å²) in [5, 5.41) is 4.31. The second-order valence-corrected chi connectivity index (χ2v) is 6.48. The van der Waals surface area contributed by atoms with Crippen LogP contribution in [0.3, 0.4) is 0 Å². The Balaban J connectivity index is 1.86. The summed E-state index contributed by atoms with van der Waals surface area (Å²) < 4.78 is 5.26. The van der Waals surface area contributed by atoms with E-state index in [2.05, 4.69) is 36.5 Å². The number of rotatable bonds is 3. The molecule has 17 heavy (non-hydrogen) atoms. The molecule has 2 saturated heterocycles. The Labute approximate surface area is 107 Å². The highest BCUT2D eigenvalue weighted by molar-refractivity contribution is 8.00. The van der Waals surface area contributed by atoms with E-state index in [1.54, 1.807) is 0 Å². The molecular weight excluding hydrogens is 230 g/mol. The van der Waals surface area contributed by atoms with Crippen LogP contribution in [-0.2, 0) is 10.3 Å². The first-order valence-electron chi connectivity index (χ1n) is 6.37. The maximum atomic E-state index is 5.26. The van der Waals surface area contributed by atoms with Crippen LogP contribution in [0.25, 0.3) is 0 Å². The van der Waals surface area contributed by atoms with E-state index in [-0.39, 0.29) is 5.54 Å². The van der Waals surface area contributed by atoms with Gasteiger partial charge in [0.15, 0.2) is 0 Å². The topological polar surface area (TPSA) is 21.3 Å². The average Bonchev–Trinajstić information content (AvgIpc) is 2.72. The fourth-order valence-corrected chi connectivity index (χ4v) is 3.88. The molecule has 0 bridgehead atoms. The third-order valence-electron chi connectivity index (χ3n) is 3.75. The van der Waals surface area contributed by atoms with E-state index in [4.69, 9.17) is 4.74 Å². The summed E-state index contributed by atoms with van der Waals surface area (Å²) in [5.74, 6) is 0. The first kappa shape index (κ1) is 11.6. The summed E-state index contributed by atoms with van der Waals surface area (Å²) in [5.41, 5.74) is 1.64. The average molecular weight is 249 g/mol. The predicted molar refractivity (Wildman–Crippen MR) is 71.5 cm³/mol. The summed E-state index contributed by atoms with van der Waals surface area (Å²) in [7, 11) is 0. The molecule has 1 atom stereocenters. The molecule has 2 fully saturated rings. The molecule has 1 unspecified atom stereocenters. The molecule has 0 aliphatic carbocycles. The maximum Gasteiger partial charge on any atom is 0.0611 e. The third kappa shape index (κ3) is 2.24. The van der Waals surface area contributed by atoms with Crippen LogP contribution in [0, 0.1) is 0 Å². The molecule has 0 aromatic heterocycles. The lowest BCUT2D eigenvalue weighted by molar-refractivity contribution is 0.0455. The molecule has 3 heteroatoms. The van der Waals surface area contributed by atoms with Crippen molar-refractivity contribution in [2.75, 3.05) is 19.8 Å². The van der Waals surface area contributed by atoms with Crippen LogP contribution >= 0.6 is 11.8 Å². The van der Waals surface area contributed by atoms with E-state index >= 15 is 0 Å². The van der Waals surface area contributed by atoms with E-state index < -0.39 is 0 Å². The van der Waals surface area contributed by atoms with Gasteiger partial charge in [-0.3, -0.25) is 0 Å². The zero-order valence-electron chi connectivity index (χ0n) is 10.2. The molecule has 2 nitrogen and oxygen atoms in total. The van der Waals surface area contributed by atoms with Gasteiger partial charge in [-0.05, 0) is 37.9 Å². The van der Waals surface area contributed by atoms with Crippen molar-refractivity contribution >= 4 is 11.8 Å². The molecule has 1 aromatic rings. The minimum atomic E-state index is 0.175. The Morgan fingerprint density at radius 1 is 1.35 bits per heavy atom. The Bertz CT molecular complexity index is 397. The lowest BCUT2D eigenvalue weighted by atomic mass is 9.90. The van der Waals surface area contributed by atoms with Gasteiger partial charge in [-0.2, -0.15) is 0 Å². The van der Waals surface area contributed by atoms with Crippen molar-refractivity contribution in [3.63, 3.8) is 0 Å². The molecule has 2 aliphatic heterocycles. The van der Waals surface area contributed by atoms with Gasteiger partial charge in [-0.15, -0.1) is 11.8 Å².